The van der Waals surface area contributed by atoms with Crippen LogP contribution in [0.25, 0.3) is 0 Å². The lowest BCUT2D eigenvalue weighted by molar-refractivity contribution is 0.231. The molecule has 3 N–H and O–H groups in total. The van der Waals surface area contributed by atoms with E-state index in [1.165, 1.54) is 0 Å². The van der Waals surface area contributed by atoms with Gasteiger partial charge in [-0.15, -0.1) is 0 Å². The van der Waals surface area contributed by atoms with Gasteiger partial charge in [-0.1, -0.05) is 72.8 Å². The highest BCUT2D eigenvalue weighted by Crippen LogP contribution is 2.20. The number of aliphatic hydroxyl groups excluding tert-OH is 3. The quantitative estimate of drug-likeness (QED) is 0.535. The van der Waals surface area contributed by atoms with Gasteiger partial charge in [0.05, 0.1) is 19.8 Å². The summed E-state index contributed by atoms with van der Waals surface area (Å²) in [6, 6.07) is 23.7. The molecule has 146 valence electrons. The van der Waals surface area contributed by atoms with Gasteiger partial charge in [-0.05, 0) is 33.4 Å². The maximum Gasteiger partial charge on any atom is 0.0685 e. The Kier molecular flexibility index (Phi) is 7.34. The molecule has 0 spiro atoms. The molecule has 0 atom stereocenters. The Hall–Kier alpha value is -2.50. The van der Waals surface area contributed by atoms with Gasteiger partial charge in [-0.25, -0.2) is 0 Å². The summed E-state index contributed by atoms with van der Waals surface area (Å²) in [5.74, 6) is 0. The van der Waals surface area contributed by atoms with Gasteiger partial charge in [0.2, 0.25) is 0 Å². The third kappa shape index (κ3) is 5.06. The van der Waals surface area contributed by atoms with Crippen LogP contribution in [0.3, 0.4) is 0 Å². The van der Waals surface area contributed by atoms with Gasteiger partial charge >= 0.3 is 0 Å². The van der Waals surface area contributed by atoms with Crippen molar-refractivity contribution in [1.82, 2.24) is 4.90 Å². The number of rotatable bonds is 9. The van der Waals surface area contributed by atoms with Gasteiger partial charge in [0.25, 0.3) is 0 Å². The van der Waals surface area contributed by atoms with Crippen LogP contribution in [0.15, 0.2) is 72.8 Å². The van der Waals surface area contributed by atoms with E-state index in [0.717, 1.165) is 33.4 Å². The topological polar surface area (TPSA) is 63.9 Å². The molecular weight excluding hydrogens is 350 g/mol. The minimum atomic E-state index is 0.00443. The van der Waals surface area contributed by atoms with Crippen LogP contribution in [0.1, 0.15) is 33.4 Å². The van der Waals surface area contributed by atoms with Crippen LogP contribution in [0, 0.1) is 0 Å². The normalized spacial score (nSPS) is 11.1. The van der Waals surface area contributed by atoms with Crippen molar-refractivity contribution in [1.29, 1.82) is 0 Å². The molecule has 0 aliphatic carbocycles. The second-order valence-electron chi connectivity index (χ2n) is 6.93. The fourth-order valence-corrected chi connectivity index (χ4v) is 3.49. The molecule has 0 unspecified atom stereocenters. The Labute approximate surface area is 166 Å². The first-order valence-corrected chi connectivity index (χ1v) is 9.50. The van der Waals surface area contributed by atoms with Crippen LogP contribution in [0.4, 0.5) is 0 Å². The molecule has 4 heteroatoms. The van der Waals surface area contributed by atoms with Gasteiger partial charge in [-0.2, -0.15) is 0 Å². The highest BCUT2D eigenvalue weighted by Gasteiger charge is 2.14. The highest BCUT2D eigenvalue weighted by atomic mass is 16.3. The molecule has 3 aromatic rings. The zero-order chi connectivity index (χ0) is 19.8. The second-order valence-corrected chi connectivity index (χ2v) is 6.93. The zero-order valence-electron chi connectivity index (χ0n) is 16.0. The van der Waals surface area contributed by atoms with E-state index in [0.29, 0.717) is 19.6 Å². The van der Waals surface area contributed by atoms with Crippen LogP contribution in [0.5, 0.6) is 0 Å². The fourth-order valence-electron chi connectivity index (χ4n) is 3.49. The minimum absolute atomic E-state index is 0.00443. The summed E-state index contributed by atoms with van der Waals surface area (Å²) in [5.41, 5.74) is 5.98. The van der Waals surface area contributed by atoms with Crippen LogP contribution < -0.4 is 0 Å². The van der Waals surface area contributed by atoms with Crippen LogP contribution in [0.2, 0.25) is 0 Å². The van der Waals surface area contributed by atoms with Crippen molar-refractivity contribution in [2.75, 3.05) is 0 Å². The van der Waals surface area contributed by atoms with Crippen molar-refractivity contribution in [2.45, 2.75) is 39.5 Å². The van der Waals surface area contributed by atoms with E-state index < -0.39 is 0 Å². The van der Waals surface area contributed by atoms with Gasteiger partial charge in [-0.3, -0.25) is 4.90 Å². The molecule has 0 amide bonds. The molecule has 0 aromatic heterocycles. The molecule has 28 heavy (non-hydrogen) atoms. The SMILES string of the molecule is OCc1ccccc1CN(Cc1ccccc1CO)Cc1ccccc1CO. The Morgan fingerprint density at radius 3 is 0.929 bits per heavy atom. The summed E-state index contributed by atoms with van der Waals surface area (Å²) < 4.78 is 0. The van der Waals surface area contributed by atoms with E-state index in [9.17, 15) is 15.3 Å². The first-order valence-electron chi connectivity index (χ1n) is 9.50. The number of aliphatic hydroxyl groups is 3. The number of benzene rings is 3. The lowest BCUT2D eigenvalue weighted by Crippen LogP contribution is -2.24. The predicted molar refractivity (Wildman–Crippen MR) is 110 cm³/mol. The molecule has 3 aromatic carbocycles. The number of hydrogen-bond donors (Lipinski definition) is 3. The van der Waals surface area contributed by atoms with E-state index in [-0.39, 0.29) is 19.8 Å². The molecule has 0 saturated carbocycles. The number of hydrogen-bond acceptors (Lipinski definition) is 4. The first kappa shape index (κ1) is 20.2. The van der Waals surface area contributed by atoms with Crippen molar-refractivity contribution in [3.8, 4) is 0 Å². The Morgan fingerprint density at radius 2 is 0.679 bits per heavy atom. The first-order chi connectivity index (χ1) is 13.7. The summed E-state index contributed by atoms with van der Waals surface area (Å²) in [7, 11) is 0. The molecular formula is C24H27NO3. The molecule has 0 fully saturated rings. The third-order valence-electron chi connectivity index (χ3n) is 5.05. The largest absolute Gasteiger partial charge is 0.392 e. The van der Waals surface area contributed by atoms with E-state index in [4.69, 9.17) is 0 Å². The summed E-state index contributed by atoms with van der Waals surface area (Å²) >= 11 is 0. The second kappa shape index (κ2) is 10.2. The fraction of sp³-hybridized carbons (Fsp3) is 0.250. The van der Waals surface area contributed by atoms with Gasteiger partial charge in [0.1, 0.15) is 0 Å². The van der Waals surface area contributed by atoms with Crippen molar-refractivity contribution >= 4 is 0 Å². The standard InChI is InChI=1S/C24H27NO3/c26-16-22-10-4-1-7-19(22)13-25(14-20-8-2-5-11-23(20)17-27)15-21-9-3-6-12-24(21)18-28/h1-12,26-28H,13-18H2. The summed E-state index contributed by atoms with van der Waals surface area (Å²) in [5, 5.41) is 29.1. The van der Waals surface area contributed by atoms with Gasteiger partial charge < -0.3 is 15.3 Å². The monoisotopic (exact) mass is 377 g/mol. The average molecular weight is 377 g/mol. The molecule has 3 rings (SSSR count). The van der Waals surface area contributed by atoms with E-state index in [2.05, 4.69) is 4.90 Å². The minimum Gasteiger partial charge on any atom is -0.392 e. The molecule has 0 radical (unpaired) electrons. The van der Waals surface area contributed by atoms with E-state index in [1.54, 1.807) is 0 Å². The maximum absolute atomic E-state index is 9.69. The van der Waals surface area contributed by atoms with E-state index >= 15 is 0 Å². The van der Waals surface area contributed by atoms with Crippen molar-refractivity contribution in [3.05, 3.63) is 106 Å². The van der Waals surface area contributed by atoms with Crippen molar-refractivity contribution in [3.63, 3.8) is 0 Å². The maximum atomic E-state index is 9.69. The van der Waals surface area contributed by atoms with E-state index in [1.807, 2.05) is 72.8 Å². The summed E-state index contributed by atoms with van der Waals surface area (Å²) in [6.45, 7) is 2.00. The van der Waals surface area contributed by atoms with Crippen LogP contribution >= 0.6 is 0 Å². The molecule has 0 saturated heterocycles. The highest BCUT2D eigenvalue weighted by molar-refractivity contribution is 5.30. The van der Waals surface area contributed by atoms with Crippen molar-refractivity contribution < 1.29 is 15.3 Å². The molecule has 0 aliphatic rings. The predicted octanol–water partition coefficient (Wildman–Crippen LogP) is 3.37. The summed E-state index contributed by atoms with van der Waals surface area (Å²) in [4.78, 5) is 2.28. The average Bonchev–Trinajstić information content (AvgIpc) is 2.75. The number of nitrogens with zero attached hydrogens (tertiary/aromatic N) is 1. The van der Waals surface area contributed by atoms with Crippen LogP contribution in [-0.2, 0) is 39.5 Å². The third-order valence-corrected chi connectivity index (χ3v) is 5.05. The lowest BCUT2D eigenvalue weighted by Gasteiger charge is -2.25. The zero-order valence-corrected chi connectivity index (χ0v) is 16.0. The van der Waals surface area contributed by atoms with Crippen molar-refractivity contribution in [2.24, 2.45) is 0 Å². The molecule has 0 aliphatic heterocycles. The smallest absolute Gasteiger partial charge is 0.0685 e. The summed E-state index contributed by atoms with van der Waals surface area (Å²) in [6.07, 6.45) is 0. The Balaban J connectivity index is 1.91. The van der Waals surface area contributed by atoms with Gasteiger partial charge in [0.15, 0.2) is 0 Å². The Morgan fingerprint density at radius 1 is 0.429 bits per heavy atom. The molecule has 0 bridgehead atoms. The lowest BCUT2D eigenvalue weighted by atomic mass is 10.0. The molecule has 4 nitrogen and oxygen atoms in total. The Bertz CT molecular complexity index is 777. The van der Waals surface area contributed by atoms with Gasteiger partial charge in [0, 0.05) is 19.6 Å². The van der Waals surface area contributed by atoms with Crippen LogP contribution in [-0.4, -0.2) is 20.2 Å². The molecule has 0 heterocycles.